The number of ether oxygens (including phenoxy) is 1. The van der Waals surface area contributed by atoms with E-state index in [-0.39, 0.29) is 29.2 Å². The minimum absolute atomic E-state index is 0.136. The Morgan fingerprint density at radius 1 is 1.12 bits per heavy atom. The van der Waals surface area contributed by atoms with Crippen LogP contribution in [0.1, 0.15) is 28.8 Å². The lowest BCUT2D eigenvalue weighted by molar-refractivity contribution is -0.122. The smallest absolute Gasteiger partial charge is 0.338 e. The first-order valence-electron chi connectivity index (χ1n) is 10.3. The van der Waals surface area contributed by atoms with E-state index in [2.05, 4.69) is 21.2 Å². The lowest BCUT2D eigenvalue weighted by Gasteiger charge is -2.15. The van der Waals surface area contributed by atoms with E-state index in [1.807, 2.05) is 12.2 Å². The van der Waals surface area contributed by atoms with Gasteiger partial charge in [0.1, 0.15) is 0 Å². The summed E-state index contributed by atoms with van der Waals surface area (Å²) >= 11 is 9.48. The minimum Gasteiger partial charge on any atom is -0.452 e. The average Bonchev–Trinajstić information content (AvgIpc) is 3.08. The lowest BCUT2D eigenvalue weighted by Crippen LogP contribution is -2.31. The largest absolute Gasteiger partial charge is 0.452 e. The standard InChI is InChI=1S/C24H20BrClN2O5/c1-13-19(10-9-18(25)21(13)26)27-20(29)12-33-24(32)14-5-4-6-15(11-14)28-22(30)16-7-2-3-8-17(16)23(28)31/h2-6,9-11,16-17H,7-8,12H2,1H3,(H,27,29)/t16-,17-/m0/s1. The number of hydrogen-bond donors (Lipinski definition) is 1. The SMILES string of the molecule is Cc1c(NC(=O)COC(=O)c2cccc(N3C(=O)[C@H]4CC=CC[C@@H]4C3=O)c2)ccc(Br)c1Cl. The van der Waals surface area contributed by atoms with E-state index < -0.39 is 18.5 Å². The first-order valence-corrected chi connectivity index (χ1v) is 11.5. The molecule has 0 unspecified atom stereocenters. The molecule has 1 heterocycles. The van der Waals surface area contributed by atoms with Crippen LogP contribution in [0.3, 0.4) is 0 Å². The summed E-state index contributed by atoms with van der Waals surface area (Å²) < 4.78 is 5.84. The van der Waals surface area contributed by atoms with Crippen molar-refractivity contribution in [1.29, 1.82) is 0 Å². The number of fused-ring (bicyclic) bond motifs is 1. The van der Waals surface area contributed by atoms with E-state index in [0.717, 1.165) is 4.90 Å². The number of carbonyl (C=O) groups is 4. The van der Waals surface area contributed by atoms with E-state index >= 15 is 0 Å². The number of carbonyl (C=O) groups excluding carboxylic acids is 4. The summed E-state index contributed by atoms with van der Waals surface area (Å²) in [5, 5.41) is 3.13. The highest BCUT2D eigenvalue weighted by molar-refractivity contribution is 9.10. The molecule has 2 atom stereocenters. The molecule has 170 valence electrons. The van der Waals surface area contributed by atoms with Crippen LogP contribution in [0, 0.1) is 18.8 Å². The zero-order chi connectivity index (χ0) is 23.7. The number of rotatable bonds is 5. The first-order chi connectivity index (χ1) is 15.8. The summed E-state index contributed by atoms with van der Waals surface area (Å²) in [6.07, 6.45) is 4.90. The second-order valence-corrected chi connectivity index (χ2v) is 9.11. The Balaban J connectivity index is 1.41. The molecule has 9 heteroatoms. The van der Waals surface area contributed by atoms with Gasteiger partial charge in [-0.2, -0.15) is 0 Å². The summed E-state index contributed by atoms with van der Waals surface area (Å²) in [7, 11) is 0. The highest BCUT2D eigenvalue weighted by Gasteiger charge is 2.47. The third-order valence-corrected chi connectivity index (χ3v) is 7.17. The van der Waals surface area contributed by atoms with E-state index in [1.165, 1.54) is 12.1 Å². The Morgan fingerprint density at radius 3 is 2.45 bits per heavy atom. The van der Waals surface area contributed by atoms with Gasteiger partial charge in [-0.25, -0.2) is 4.79 Å². The zero-order valence-electron chi connectivity index (χ0n) is 17.6. The summed E-state index contributed by atoms with van der Waals surface area (Å²) in [5.41, 5.74) is 1.64. The number of allylic oxidation sites excluding steroid dienone is 2. The molecule has 0 radical (unpaired) electrons. The van der Waals surface area contributed by atoms with Gasteiger partial charge in [-0.05, 0) is 71.6 Å². The van der Waals surface area contributed by atoms with Crippen molar-refractivity contribution >= 4 is 62.6 Å². The molecule has 3 amide bonds. The second kappa shape index (κ2) is 9.49. The van der Waals surface area contributed by atoms with E-state index in [4.69, 9.17) is 16.3 Å². The monoisotopic (exact) mass is 530 g/mol. The summed E-state index contributed by atoms with van der Waals surface area (Å²) in [5.74, 6) is -2.52. The topological polar surface area (TPSA) is 92.8 Å². The van der Waals surface area contributed by atoms with Crippen LogP contribution in [-0.4, -0.2) is 30.3 Å². The zero-order valence-corrected chi connectivity index (χ0v) is 20.0. The first kappa shape index (κ1) is 23.2. The third kappa shape index (κ3) is 4.58. The molecule has 0 saturated carbocycles. The molecule has 33 heavy (non-hydrogen) atoms. The van der Waals surface area contributed by atoms with Gasteiger partial charge in [-0.1, -0.05) is 29.8 Å². The van der Waals surface area contributed by atoms with Crippen molar-refractivity contribution in [3.8, 4) is 0 Å². The molecule has 0 aromatic heterocycles. The Bertz CT molecular complexity index is 1170. The number of hydrogen-bond acceptors (Lipinski definition) is 5. The van der Waals surface area contributed by atoms with Gasteiger partial charge < -0.3 is 10.1 Å². The van der Waals surface area contributed by atoms with Crippen molar-refractivity contribution < 1.29 is 23.9 Å². The van der Waals surface area contributed by atoms with Gasteiger partial charge in [0.25, 0.3) is 5.91 Å². The minimum atomic E-state index is -0.740. The third-order valence-electron chi connectivity index (χ3n) is 5.80. The fourth-order valence-corrected chi connectivity index (χ4v) is 4.61. The fourth-order valence-electron chi connectivity index (χ4n) is 4.01. The molecule has 1 N–H and O–H groups in total. The molecule has 0 bridgehead atoms. The summed E-state index contributed by atoms with van der Waals surface area (Å²) in [6, 6.07) is 9.49. The number of anilines is 2. The summed E-state index contributed by atoms with van der Waals surface area (Å²) in [6.45, 7) is 1.25. The predicted octanol–water partition coefficient (Wildman–Crippen LogP) is 4.66. The van der Waals surface area contributed by atoms with Gasteiger partial charge in [0, 0.05) is 10.2 Å². The second-order valence-electron chi connectivity index (χ2n) is 7.88. The van der Waals surface area contributed by atoms with Crippen LogP contribution in [0.4, 0.5) is 11.4 Å². The number of nitrogens with one attached hydrogen (secondary N) is 1. The van der Waals surface area contributed by atoms with Crippen molar-refractivity contribution in [2.45, 2.75) is 19.8 Å². The maximum absolute atomic E-state index is 12.8. The average molecular weight is 532 g/mol. The molecule has 2 aliphatic rings. The van der Waals surface area contributed by atoms with Crippen molar-refractivity contribution in [2.75, 3.05) is 16.8 Å². The normalized spacial score (nSPS) is 19.4. The van der Waals surface area contributed by atoms with Crippen LogP contribution >= 0.6 is 27.5 Å². The Kier molecular flexibility index (Phi) is 6.67. The molecule has 1 fully saturated rings. The predicted molar refractivity (Wildman–Crippen MR) is 127 cm³/mol. The number of esters is 1. The van der Waals surface area contributed by atoms with E-state index in [1.54, 1.807) is 31.2 Å². The van der Waals surface area contributed by atoms with Gasteiger partial charge in [-0.3, -0.25) is 19.3 Å². The van der Waals surface area contributed by atoms with Crippen molar-refractivity contribution in [2.24, 2.45) is 11.8 Å². The Labute approximate surface area is 203 Å². The van der Waals surface area contributed by atoms with Crippen LogP contribution < -0.4 is 10.2 Å². The molecule has 2 aromatic carbocycles. The highest BCUT2D eigenvalue weighted by atomic mass is 79.9. The van der Waals surface area contributed by atoms with Gasteiger partial charge in [0.2, 0.25) is 11.8 Å². The van der Waals surface area contributed by atoms with Crippen molar-refractivity contribution in [3.63, 3.8) is 0 Å². The number of halogens is 2. The Hall–Kier alpha value is -2.97. The van der Waals surface area contributed by atoms with Crippen molar-refractivity contribution in [1.82, 2.24) is 0 Å². The van der Waals surface area contributed by atoms with Crippen LogP contribution in [0.2, 0.25) is 5.02 Å². The fraction of sp³-hybridized carbons (Fsp3) is 0.250. The molecule has 2 aromatic rings. The molecule has 1 aliphatic heterocycles. The number of imide groups is 1. The quantitative estimate of drug-likeness (QED) is 0.344. The van der Waals surface area contributed by atoms with Crippen LogP contribution in [-0.2, 0) is 19.1 Å². The maximum atomic E-state index is 12.8. The molecule has 0 spiro atoms. The highest BCUT2D eigenvalue weighted by Crippen LogP contribution is 2.38. The van der Waals surface area contributed by atoms with Gasteiger partial charge in [0.05, 0.1) is 28.1 Å². The molecular formula is C24H20BrClN2O5. The molecule has 1 aliphatic carbocycles. The van der Waals surface area contributed by atoms with Crippen molar-refractivity contribution in [3.05, 3.63) is 69.2 Å². The van der Waals surface area contributed by atoms with Crippen LogP contribution in [0.5, 0.6) is 0 Å². The maximum Gasteiger partial charge on any atom is 0.338 e. The molecule has 1 saturated heterocycles. The molecule has 7 nitrogen and oxygen atoms in total. The van der Waals surface area contributed by atoms with Gasteiger partial charge >= 0.3 is 5.97 Å². The lowest BCUT2D eigenvalue weighted by atomic mass is 9.85. The number of benzene rings is 2. The number of nitrogens with zero attached hydrogens (tertiary/aromatic N) is 1. The van der Waals surface area contributed by atoms with Crippen LogP contribution in [0.25, 0.3) is 0 Å². The van der Waals surface area contributed by atoms with Gasteiger partial charge in [-0.15, -0.1) is 0 Å². The summed E-state index contributed by atoms with van der Waals surface area (Å²) in [4.78, 5) is 51.5. The molecular weight excluding hydrogens is 512 g/mol. The Morgan fingerprint density at radius 2 is 1.79 bits per heavy atom. The van der Waals surface area contributed by atoms with E-state index in [9.17, 15) is 19.2 Å². The van der Waals surface area contributed by atoms with E-state index in [0.29, 0.717) is 39.3 Å². The molecule has 4 rings (SSSR count). The van der Waals surface area contributed by atoms with Crippen LogP contribution in [0.15, 0.2) is 53.0 Å². The van der Waals surface area contributed by atoms with Gasteiger partial charge in [0.15, 0.2) is 6.61 Å². The number of amides is 3.